The largest absolute Gasteiger partial charge is 0.497 e. The first-order chi connectivity index (χ1) is 8.29. The maximum atomic E-state index is 5.48. The normalized spacial score (nSPS) is 22.1. The SMILES string of the molecule is COc1cccc(C(C)NC2CCCOC2)c1. The Morgan fingerprint density at radius 1 is 1.47 bits per heavy atom. The van der Waals surface area contributed by atoms with Crippen LogP contribution in [0.15, 0.2) is 24.3 Å². The van der Waals surface area contributed by atoms with Gasteiger partial charge in [-0.05, 0) is 37.5 Å². The van der Waals surface area contributed by atoms with Gasteiger partial charge in [-0.3, -0.25) is 0 Å². The Labute approximate surface area is 103 Å². The highest BCUT2D eigenvalue weighted by Crippen LogP contribution is 2.20. The Morgan fingerprint density at radius 3 is 3.06 bits per heavy atom. The molecule has 3 nitrogen and oxygen atoms in total. The van der Waals surface area contributed by atoms with Gasteiger partial charge >= 0.3 is 0 Å². The molecule has 0 saturated carbocycles. The molecule has 0 aliphatic carbocycles. The molecule has 1 aromatic rings. The molecule has 1 N–H and O–H groups in total. The average Bonchev–Trinajstić information content (AvgIpc) is 2.40. The first-order valence-electron chi connectivity index (χ1n) is 6.27. The molecular weight excluding hydrogens is 214 g/mol. The molecule has 1 aromatic carbocycles. The molecule has 0 amide bonds. The molecule has 0 bridgehead atoms. The van der Waals surface area contributed by atoms with Crippen molar-refractivity contribution >= 4 is 0 Å². The van der Waals surface area contributed by atoms with Crippen molar-refractivity contribution in [2.75, 3.05) is 20.3 Å². The number of benzene rings is 1. The van der Waals surface area contributed by atoms with E-state index in [4.69, 9.17) is 9.47 Å². The standard InChI is InChI=1S/C14H21NO2/c1-11(15-13-6-4-8-17-10-13)12-5-3-7-14(9-12)16-2/h3,5,7,9,11,13,15H,4,6,8,10H2,1-2H3. The molecule has 94 valence electrons. The Morgan fingerprint density at radius 2 is 2.35 bits per heavy atom. The number of nitrogens with one attached hydrogen (secondary N) is 1. The van der Waals surface area contributed by atoms with E-state index in [0.717, 1.165) is 25.4 Å². The number of hydrogen-bond donors (Lipinski definition) is 1. The van der Waals surface area contributed by atoms with Gasteiger partial charge in [-0.15, -0.1) is 0 Å². The second-order valence-corrected chi connectivity index (χ2v) is 4.58. The van der Waals surface area contributed by atoms with Crippen LogP contribution in [0.3, 0.4) is 0 Å². The van der Waals surface area contributed by atoms with Gasteiger partial charge in [0.2, 0.25) is 0 Å². The van der Waals surface area contributed by atoms with Crippen molar-refractivity contribution in [3.63, 3.8) is 0 Å². The van der Waals surface area contributed by atoms with Crippen molar-refractivity contribution in [2.45, 2.75) is 31.8 Å². The van der Waals surface area contributed by atoms with E-state index in [2.05, 4.69) is 24.4 Å². The van der Waals surface area contributed by atoms with E-state index in [0.29, 0.717) is 12.1 Å². The van der Waals surface area contributed by atoms with Gasteiger partial charge < -0.3 is 14.8 Å². The van der Waals surface area contributed by atoms with Gasteiger partial charge in [-0.25, -0.2) is 0 Å². The molecule has 3 heteroatoms. The summed E-state index contributed by atoms with van der Waals surface area (Å²) in [7, 11) is 1.70. The first kappa shape index (κ1) is 12.4. The van der Waals surface area contributed by atoms with E-state index in [9.17, 15) is 0 Å². The predicted octanol–water partition coefficient (Wildman–Crippen LogP) is 2.52. The Bertz CT molecular complexity index is 348. The van der Waals surface area contributed by atoms with Crippen molar-refractivity contribution in [3.05, 3.63) is 29.8 Å². The van der Waals surface area contributed by atoms with Gasteiger partial charge in [0.1, 0.15) is 5.75 Å². The lowest BCUT2D eigenvalue weighted by Gasteiger charge is -2.27. The fourth-order valence-corrected chi connectivity index (χ4v) is 2.23. The quantitative estimate of drug-likeness (QED) is 0.870. The van der Waals surface area contributed by atoms with Gasteiger partial charge in [0, 0.05) is 18.7 Å². The van der Waals surface area contributed by atoms with Crippen LogP contribution in [0.1, 0.15) is 31.4 Å². The lowest BCUT2D eigenvalue weighted by atomic mass is 10.0. The van der Waals surface area contributed by atoms with Crippen LogP contribution in [0, 0.1) is 0 Å². The summed E-state index contributed by atoms with van der Waals surface area (Å²) >= 11 is 0. The molecule has 0 radical (unpaired) electrons. The lowest BCUT2D eigenvalue weighted by Crippen LogP contribution is -2.38. The van der Waals surface area contributed by atoms with Crippen LogP contribution in [-0.4, -0.2) is 26.4 Å². The third kappa shape index (κ3) is 3.45. The third-order valence-corrected chi connectivity index (χ3v) is 3.24. The molecule has 1 heterocycles. The van der Waals surface area contributed by atoms with Crippen LogP contribution < -0.4 is 10.1 Å². The highest BCUT2D eigenvalue weighted by molar-refractivity contribution is 5.30. The van der Waals surface area contributed by atoms with Gasteiger partial charge in [0.25, 0.3) is 0 Å². The summed E-state index contributed by atoms with van der Waals surface area (Å²) in [4.78, 5) is 0. The fraction of sp³-hybridized carbons (Fsp3) is 0.571. The molecule has 2 atom stereocenters. The van der Waals surface area contributed by atoms with Crippen molar-refractivity contribution in [3.8, 4) is 5.75 Å². The lowest BCUT2D eigenvalue weighted by molar-refractivity contribution is 0.0671. The first-order valence-corrected chi connectivity index (χ1v) is 6.27. The van der Waals surface area contributed by atoms with Gasteiger partial charge in [-0.2, -0.15) is 0 Å². The van der Waals surface area contributed by atoms with E-state index < -0.39 is 0 Å². The molecule has 2 rings (SSSR count). The molecule has 1 saturated heterocycles. The fourth-order valence-electron chi connectivity index (χ4n) is 2.23. The van der Waals surface area contributed by atoms with E-state index in [1.54, 1.807) is 7.11 Å². The minimum Gasteiger partial charge on any atom is -0.497 e. The van der Waals surface area contributed by atoms with Crippen LogP contribution in [0.5, 0.6) is 5.75 Å². The van der Waals surface area contributed by atoms with Crippen LogP contribution in [-0.2, 0) is 4.74 Å². The van der Waals surface area contributed by atoms with E-state index in [1.165, 1.54) is 12.0 Å². The molecule has 1 aliphatic heterocycles. The highest BCUT2D eigenvalue weighted by atomic mass is 16.5. The summed E-state index contributed by atoms with van der Waals surface area (Å²) in [6.45, 7) is 3.92. The zero-order chi connectivity index (χ0) is 12.1. The third-order valence-electron chi connectivity index (χ3n) is 3.24. The smallest absolute Gasteiger partial charge is 0.119 e. The maximum Gasteiger partial charge on any atom is 0.119 e. The average molecular weight is 235 g/mol. The number of rotatable bonds is 4. The van der Waals surface area contributed by atoms with Crippen LogP contribution in [0.25, 0.3) is 0 Å². The van der Waals surface area contributed by atoms with Crippen molar-refractivity contribution < 1.29 is 9.47 Å². The Kier molecular flexibility index (Phi) is 4.40. The van der Waals surface area contributed by atoms with Gasteiger partial charge in [-0.1, -0.05) is 12.1 Å². The minimum atomic E-state index is 0.330. The molecule has 1 aliphatic rings. The van der Waals surface area contributed by atoms with E-state index in [-0.39, 0.29) is 0 Å². The molecular formula is C14H21NO2. The molecule has 1 fully saturated rings. The Hall–Kier alpha value is -1.06. The summed E-state index contributed by atoms with van der Waals surface area (Å²) in [6, 6.07) is 9.02. The second kappa shape index (κ2) is 6.03. The number of ether oxygens (including phenoxy) is 2. The van der Waals surface area contributed by atoms with Gasteiger partial charge in [0.05, 0.1) is 13.7 Å². The van der Waals surface area contributed by atoms with Crippen LogP contribution >= 0.6 is 0 Å². The second-order valence-electron chi connectivity index (χ2n) is 4.58. The number of methoxy groups -OCH3 is 1. The van der Waals surface area contributed by atoms with Crippen LogP contribution in [0.4, 0.5) is 0 Å². The molecule has 2 unspecified atom stereocenters. The zero-order valence-corrected chi connectivity index (χ0v) is 10.6. The van der Waals surface area contributed by atoms with E-state index >= 15 is 0 Å². The Balaban J connectivity index is 1.95. The van der Waals surface area contributed by atoms with Crippen molar-refractivity contribution in [2.24, 2.45) is 0 Å². The topological polar surface area (TPSA) is 30.5 Å². The minimum absolute atomic E-state index is 0.330. The van der Waals surface area contributed by atoms with E-state index in [1.807, 2.05) is 12.1 Å². The molecule has 17 heavy (non-hydrogen) atoms. The molecule has 0 spiro atoms. The van der Waals surface area contributed by atoms with Crippen molar-refractivity contribution in [1.82, 2.24) is 5.32 Å². The monoisotopic (exact) mass is 235 g/mol. The summed E-state index contributed by atoms with van der Waals surface area (Å²) in [6.07, 6.45) is 2.36. The number of hydrogen-bond acceptors (Lipinski definition) is 3. The summed E-state index contributed by atoms with van der Waals surface area (Å²) in [5.41, 5.74) is 1.26. The zero-order valence-electron chi connectivity index (χ0n) is 10.6. The summed E-state index contributed by atoms with van der Waals surface area (Å²) in [5, 5.41) is 3.61. The predicted molar refractivity (Wildman–Crippen MR) is 68.4 cm³/mol. The summed E-state index contributed by atoms with van der Waals surface area (Å²) < 4.78 is 10.7. The maximum absolute atomic E-state index is 5.48. The highest BCUT2D eigenvalue weighted by Gasteiger charge is 2.16. The van der Waals surface area contributed by atoms with Gasteiger partial charge in [0.15, 0.2) is 0 Å². The molecule has 0 aromatic heterocycles. The van der Waals surface area contributed by atoms with Crippen LogP contribution in [0.2, 0.25) is 0 Å². The summed E-state index contributed by atoms with van der Waals surface area (Å²) in [5.74, 6) is 0.913. The van der Waals surface area contributed by atoms with Crippen molar-refractivity contribution in [1.29, 1.82) is 0 Å².